The van der Waals surface area contributed by atoms with Gasteiger partial charge < -0.3 is 14.8 Å². The lowest BCUT2D eigenvalue weighted by molar-refractivity contribution is -0.902. The van der Waals surface area contributed by atoms with Crippen LogP contribution in [0.5, 0.6) is 0 Å². The van der Waals surface area contributed by atoms with E-state index < -0.39 is 0 Å². The number of nitrogens with one attached hydrogen (secondary N) is 2. The van der Waals surface area contributed by atoms with Gasteiger partial charge in [-0.15, -0.1) is 10.2 Å². The summed E-state index contributed by atoms with van der Waals surface area (Å²) in [5, 5.41) is 10.9. The fourth-order valence-electron chi connectivity index (χ4n) is 4.32. The Labute approximate surface area is 180 Å². The third-order valence-corrected chi connectivity index (χ3v) is 7.36. The van der Waals surface area contributed by atoms with E-state index in [1.807, 2.05) is 30.2 Å². The van der Waals surface area contributed by atoms with Gasteiger partial charge in [0.15, 0.2) is 11.0 Å². The van der Waals surface area contributed by atoms with Crippen molar-refractivity contribution >= 4 is 28.6 Å². The van der Waals surface area contributed by atoms with Gasteiger partial charge in [-0.25, -0.2) is 0 Å². The molecule has 0 unspecified atom stereocenters. The summed E-state index contributed by atoms with van der Waals surface area (Å²) in [7, 11) is 0. The van der Waals surface area contributed by atoms with E-state index in [-0.39, 0.29) is 11.2 Å². The number of carbonyl (C=O) groups excluding carboxylic acids is 1. The van der Waals surface area contributed by atoms with Crippen LogP contribution in [-0.4, -0.2) is 68.5 Å². The van der Waals surface area contributed by atoms with E-state index >= 15 is 0 Å². The van der Waals surface area contributed by atoms with Crippen LogP contribution in [-0.2, 0) is 4.79 Å². The zero-order valence-corrected chi connectivity index (χ0v) is 18.4. The molecular weight excluding hydrogens is 396 g/mol. The highest BCUT2D eigenvalue weighted by Crippen LogP contribution is 2.42. The number of aromatic nitrogens is 4. The Hall–Kier alpha value is -2.32. The number of aromatic amines is 1. The molecule has 5 rings (SSSR count). The molecule has 1 saturated carbocycles. The predicted octanol–water partition coefficient (Wildman–Crippen LogP) is 1.99. The summed E-state index contributed by atoms with van der Waals surface area (Å²) < 4.78 is 2.25. The van der Waals surface area contributed by atoms with Crippen molar-refractivity contribution in [2.24, 2.45) is 0 Å². The van der Waals surface area contributed by atoms with Crippen molar-refractivity contribution in [3.05, 3.63) is 30.5 Å². The van der Waals surface area contributed by atoms with Crippen LogP contribution in [0.3, 0.4) is 0 Å². The minimum absolute atomic E-state index is 0.161. The lowest BCUT2D eigenvalue weighted by atomic mass is 10.1. The van der Waals surface area contributed by atoms with E-state index in [0.29, 0.717) is 6.04 Å². The van der Waals surface area contributed by atoms with Gasteiger partial charge in [-0.3, -0.25) is 9.36 Å². The molecule has 3 aromatic rings. The van der Waals surface area contributed by atoms with Crippen LogP contribution in [0.2, 0.25) is 0 Å². The Bertz CT molecular complexity index is 1050. The molecule has 1 atom stereocenters. The molecule has 0 spiro atoms. The van der Waals surface area contributed by atoms with Crippen LogP contribution in [0.1, 0.15) is 32.7 Å². The molecule has 2 fully saturated rings. The minimum Gasteiger partial charge on any atom is -0.360 e. The van der Waals surface area contributed by atoms with Crippen molar-refractivity contribution < 1.29 is 9.69 Å². The summed E-state index contributed by atoms with van der Waals surface area (Å²) in [6.07, 6.45) is 4.31. The Morgan fingerprint density at radius 1 is 1.27 bits per heavy atom. The molecular formula is C22H29N6OS+. The Morgan fingerprint density at radius 2 is 2.03 bits per heavy atom. The maximum atomic E-state index is 13.0. The molecule has 1 aliphatic heterocycles. The van der Waals surface area contributed by atoms with Crippen molar-refractivity contribution in [1.29, 1.82) is 0 Å². The summed E-state index contributed by atoms with van der Waals surface area (Å²) in [4.78, 5) is 20.0. The molecule has 7 nitrogen and oxygen atoms in total. The summed E-state index contributed by atoms with van der Waals surface area (Å²) in [6.45, 7) is 9.13. The van der Waals surface area contributed by atoms with Crippen molar-refractivity contribution in [3.8, 4) is 11.4 Å². The first-order chi connectivity index (χ1) is 14.7. The third kappa shape index (κ3) is 3.63. The highest BCUT2D eigenvalue weighted by molar-refractivity contribution is 8.00. The van der Waals surface area contributed by atoms with Crippen LogP contribution in [0.15, 0.2) is 35.6 Å². The van der Waals surface area contributed by atoms with Crippen LogP contribution < -0.4 is 4.90 Å². The number of quaternary nitrogens is 1. The Kier molecular flexibility index (Phi) is 5.28. The number of nitrogens with zero attached hydrogens (tertiary/aromatic N) is 4. The molecule has 8 heteroatoms. The summed E-state index contributed by atoms with van der Waals surface area (Å²) in [5.41, 5.74) is 2.18. The zero-order valence-electron chi connectivity index (χ0n) is 17.6. The molecule has 1 aliphatic carbocycles. The van der Waals surface area contributed by atoms with Gasteiger partial charge in [0.1, 0.15) is 0 Å². The Morgan fingerprint density at radius 3 is 2.77 bits per heavy atom. The number of thioether (sulfide) groups is 1. The molecule has 2 aromatic heterocycles. The SMILES string of the molecule is CC[NH+]1CCN(C(=O)[C@H](C)Sc2nnc(-c3c[nH]c4ccccc34)n2C2CC2)CC1. The summed E-state index contributed by atoms with van der Waals surface area (Å²) >= 11 is 1.55. The van der Waals surface area contributed by atoms with Gasteiger partial charge in [0.2, 0.25) is 5.91 Å². The second kappa shape index (κ2) is 8.07. The molecule has 30 heavy (non-hydrogen) atoms. The predicted molar refractivity (Wildman–Crippen MR) is 119 cm³/mol. The van der Waals surface area contributed by atoms with Gasteiger partial charge >= 0.3 is 0 Å². The molecule has 1 saturated heterocycles. The number of piperazine rings is 1. The topological polar surface area (TPSA) is 71.2 Å². The van der Waals surface area contributed by atoms with E-state index in [4.69, 9.17) is 0 Å². The van der Waals surface area contributed by atoms with Crippen LogP contribution in [0.4, 0.5) is 0 Å². The van der Waals surface area contributed by atoms with E-state index in [0.717, 1.165) is 73.0 Å². The van der Waals surface area contributed by atoms with Crippen molar-refractivity contribution in [3.63, 3.8) is 0 Å². The molecule has 1 amide bonds. The molecule has 2 N–H and O–H groups in total. The maximum absolute atomic E-state index is 13.0. The average molecular weight is 426 g/mol. The number of fused-ring (bicyclic) bond motifs is 1. The van der Waals surface area contributed by atoms with Gasteiger partial charge in [0.05, 0.1) is 38.0 Å². The van der Waals surface area contributed by atoms with Crippen LogP contribution >= 0.6 is 11.8 Å². The fourth-order valence-corrected chi connectivity index (χ4v) is 5.33. The largest absolute Gasteiger partial charge is 0.360 e. The second-order valence-electron chi connectivity index (χ2n) is 8.34. The van der Waals surface area contributed by atoms with E-state index in [1.165, 1.54) is 0 Å². The van der Waals surface area contributed by atoms with Gasteiger partial charge in [-0.05, 0) is 32.8 Å². The fraction of sp³-hybridized carbons (Fsp3) is 0.500. The number of rotatable bonds is 6. The second-order valence-corrected chi connectivity index (χ2v) is 9.65. The first kappa shape index (κ1) is 19.6. The van der Waals surface area contributed by atoms with Crippen molar-refractivity contribution in [2.75, 3.05) is 32.7 Å². The number of likely N-dealkylation sites (N-methyl/N-ethyl adjacent to an activating group) is 1. The highest BCUT2D eigenvalue weighted by Gasteiger charge is 2.33. The number of hydrogen-bond acceptors (Lipinski definition) is 4. The summed E-state index contributed by atoms with van der Waals surface area (Å²) in [6, 6.07) is 8.71. The molecule has 3 heterocycles. The molecule has 0 radical (unpaired) electrons. The standard InChI is InChI=1S/C22H28N6OS/c1-3-26-10-12-27(13-11-26)21(29)15(2)30-22-25-24-20(28(22)16-8-9-16)18-14-23-19-7-5-4-6-17(18)19/h4-7,14-16,23H,3,8-13H2,1-2H3/p+1/t15-/m0/s1. The zero-order chi connectivity index (χ0) is 20.7. The van der Waals surface area contributed by atoms with E-state index in [1.54, 1.807) is 16.7 Å². The Balaban J connectivity index is 1.37. The lowest BCUT2D eigenvalue weighted by Crippen LogP contribution is -3.14. The van der Waals surface area contributed by atoms with E-state index in [9.17, 15) is 4.79 Å². The number of para-hydroxylation sites is 1. The van der Waals surface area contributed by atoms with Gasteiger partial charge in [-0.1, -0.05) is 30.0 Å². The van der Waals surface area contributed by atoms with Gasteiger partial charge in [-0.2, -0.15) is 0 Å². The number of hydrogen-bond donors (Lipinski definition) is 2. The van der Waals surface area contributed by atoms with Crippen LogP contribution in [0, 0.1) is 0 Å². The molecule has 2 aliphatic rings. The third-order valence-electron chi connectivity index (χ3n) is 6.32. The number of H-pyrrole nitrogens is 1. The van der Waals surface area contributed by atoms with Crippen LogP contribution in [0.25, 0.3) is 22.3 Å². The van der Waals surface area contributed by atoms with Crippen molar-refractivity contribution in [2.45, 2.75) is 43.1 Å². The van der Waals surface area contributed by atoms with E-state index in [2.05, 4.69) is 38.8 Å². The molecule has 1 aromatic carbocycles. The smallest absolute Gasteiger partial charge is 0.236 e. The van der Waals surface area contributed by atoms with Gasteiger partial charge in [0.25, 0.3) is 0 Å². The molecule has 0 bridgehead atoms. The minimum atomic E-state index is -0.161. The number of carbonyl (C=O) groups is 1. The van der Waals surface area contributed by atoms with Gasteiger partial charge in [0, 0.05) is 28.7 Å². The summed E-state index contributed by atoms with van der Waals surface area (Å²) in [5.74, 6) is 1.12. The lowest BCUT2D eigenvalue weighted by Gasteiger charge is -2.32. The average Bonchev–Trinajstić information content (AvgIpc) is 3.40. The first-order valence-corrected chi connectivity index (χ1v) is 11.8. The first-order valence-electron chi connectivity index (χ1n) is 11.0. The number of amides is 1. The normalized spacial score (nSPS) is 18.8. The highest BCUT2D eigenvalue weighted by atomic mass is 32.2. The maximum Gasteiger partial charge on any atom is 0.236 e. The quantitative estimate of drug-likeness (QED) is 0.593. The monoisotopic (exact) mass is 425 g/mol. The van der Waals surface area contributed by atoms with Crippen molar-refractivity contribution in [1.82, 2.24) is 24.6 Å². The number of benzene rings is 1. The molecule has 158 valence electrons.